The summed E-state index contributed by atoms with van der Waals surface area (Å²) in [7, 11) is 0. The van der Waals surface area contributed by atoms with Gasteiger partial charge in [-0.1, -0.05) is 0 Å². The lowest BCUT2D eigenvalue weighted by atomic mass is 10.0. The van der Waals surface area contributed by atoms with Crippen molar-refractivity contribution >= 4 is 12.6 Å². The molecule has 35 heavy (non-hydrogen) atoms. The summed E-state index contributed by atoms with van der Waals surface area (Å²) >= 11 is 0. The Bertz CT molecular complexity index is 521. The van der Waals surface area contributed by atoms with Gasteiger partial charge in [-0.25, -0.2) is 0 Å². The van der Waals surface area contributed by atoms with E-state index in [2.05, 4.69) is 0 Å². The number of hydrogen-bond acceptors (Lipinski definition) is 17. The van der Waals surface area contributed by atoms with Gasteiger partial charge in [0.25, 0.3) is 0 Å². The van der Waals surface area contributed by atoms with Crippen LogP contribution in [0.15, 0.2) is 0 Å². The zero-order valence-electron chi connectivity index (χ0n) is 18.4. The zero-order chi connectivity index (χ0) is 27.9. The van der Waals surface area contributed by atoms with Crippen molar-refractivity contribution in [1.82, 2.24) is 0 Å². The third-order valence-corrected chi connectivity index (χ3v) is 4.57. The molecule has 14 N–H and O–H groups in total. The lowest BCUT2D eigenvalue weighted by Crippen LogP contribution is -2.49. The van der Waals surface area contributed by atoms with Crippen LogP contribution in [0.4, 0.5) is 0 Å². The molecule has 0 amide bonds. The number of aldehydes is 2. The van der Waals surface area contributed by atoms with Crippen molar-refractivity contribution in [2.75, 3.05) is 19.8 Å². The molecule has 1 aliphatic heterocycles. The Hall–Kier alpha value is -1.26. The molecule has 17 nitrogen and oxygen atoms in total. The Balaban J connectivity index is 0. The van der Waals surface area contributed by atoms with Crippen molar-refractivity contribution in [1.29, 1.82) is 0 Å². The van der Waals surface area contributed by atoms with Crippen LogP contribution in [0.3, 0.4) is 0 Å². The van der Waals surface area contributed by atoms with E-state index >= 15 is 0 Å². The van der Waals surface area contributed by atoms with Gasteiger partial charge >= 0.3 is 0 Å². The van der Waals surface area contributed by atoms with E-state index in [1.54, 1.807) is 0 Å². The quantitative estimate of drug-likeness (QED) is 0.111. The van der Waals surface area contributed by atoms with Crippen LogP contribution in [-0.4, -0.2) is 177 Å². The number of carbonyl (C=O) groups excluding carboxylic acids is 2. The Morgan fingerprint density at radius 3 is 1.34 bits per heavy atom. The second-order valence-electron chi connectivity index (χ2n) is 7.32. The second kappa shape index (κ2) is 18.9. The first-order valence-electron chi connectivity index (χ1n) is 10.1. The molecule has 12 atom stereocenters. The first-order valence-corrected chi connectivity index (χ1v) is 10.1. The first-order chi connectivity index (χ1) is 16.2. The van der Waals surface area contributed by atoms with E-state index < -0.39 is 93.3 Å². The predicted octanol–water partition coefficient (Wildman–Crippen LogP) is -8.95. The first kappa shape index (κ1) is 35.9. The number of ether oxygens (including phenoxy) is 1. The van der Waals surface area contributed by atoms with Crippen molar-refractivity contribution < 1.29 is 85.8 Å². The van der Waals surface area contributed by atoms with Gasteiger partial charge in [0.1, 0.15) is 61.0 Å². The van der Waals surface area contributed by atoms with Crippen LogP contribution in [0.25, 0.3) is 0 Å². The van der Waals surface area contributed by atoms with Gasteiger partial charge in [-0.3, -0.25) is 0 Å². The number of rotatable bonds is 11. The van der Waals surface area contributed by atoms with Gasteiger partial charge in [0.2, 0.25) is 0 Å². The molecule has 0 spiro atoms. The molecular weight excluding hydrogens is 488 g/mol. The average molecular weight is 524 g/mol. The lowest BCUT2D eigenvalue weighted by molar-refractivity contribution is -0.239. The van der Waals surface area contributed by atoms with Gasteiger partial charge in [0.15, 0.2) is 18.9 Å². The molecule has 0 aliphatic carbocycles. The minimum Gasteiger partial charge on any atom is -0.394 e. The molecule has 210 valence electrons. The number of aliphatic hydroxyl groups is 14. The predicted molar refractivity (Wildman–Crippen MR) is 109 cm³/mol. The minimum absolute atomic E-state index is 0.0162. The third-order valence-electron chi connectivity index (χ3n) is 4.57. The monoisotopic (exact) mass is 524 g/mol. The second-order valence-corrected chi connectivity index (χ2v) is 7.32. The van der Waals surface area contributed by atoms with E-state index in [9.17, 15) is 9.59 Å². The van der Waals surface area contributed by atoms with Crippen LogP contribution in [-0.2, 0) is 14.3 Å². The summed E-state index contributed by atoms with van der Waals surface area (Å²) in [5.41, 5.74) is 0. The van der Waals surface area contributed by atoms with E-state index in [1.807, 2.05) is 0 Å². The molecule has 0 bridgehead atoms. The largest absolute Gasteiger partial charge is 0.394 e. The molecule has 0 aromatic carbocycles. The highest BCUT2D eigenvalue weighted by Crippen LogP contribution is 2.18. The Labute approximate surface area is 199 Å². The summed E-state index contributed by atoms with van der Waals surface area (Å²) in [6.45, 7) is -1.93. The highest BCUT2D eigenvalue weighted by Gasteiger charge is 2.35. The van der Waals surface area contributed by atoms with Crippen molar-refractivity contribution in [2.45, 2.75) is 79.9 Å². The van der Waals surface area contributed by atoms with E-state index in [1.165, 1.54) is 0 Å². The van der Waals surface area contributed by atoms with Gasteiger partial charge in [0, 0.05) is 6.42 Å². The van der Waals surface area contributed by atoms with Crippen molar-refractivity contribution in [3.63, 3.8) is 0 Å². The van der Waals surface area contributed by atoms with Crippen LogP contribution >= 0.6 is 0 Å². The van der Waals surface area contributed by atoms with Crippen LogP contribution in [0.5, 0.6) is 0 Å². The van der Waals surface area contributed by atoms with Gasteiger partial charge < -0.3 is 85.8 Å². The molecule has 1 fully saturated rings. The highest BCUT2D eigenvalue weighted by molar-refractivity contribution is 5.57. The Morgan fingerprint density at radius 2 is 1.06 bits per heavy atom. The average Bonchev–Trinajstić information content (AvgIpc) is 2.87. The fourth-order valence-corrected chi connectivity index (χ4v) is 2.32. The smallest absolute Gasteiger partial charge is 0.157 e. The van der Waals surface area contributed by atoms with Crippen LogP contribution in [0.1, 0.15) is 6.42 Å². The van der Waals surface area contributed by atoms with E-state index in [4.69, 9.17) is 76.2 Å². The summed E-state index contributed by atoms with van der Waals surface area (Å²) in [5, 5.41) is 123. The maximum atomic E-state index is 9.90. The Kier molecular flexibility index (Phi) is 19.4. The van der Waals surface area contributed by atoms with Gasteiger partial charge in [0.05, 0.1) is 25.9 Å². The third kappa shape index (κ3) is 13.0. The van der Waals surface area contributed by atoms with Crippen molar-refractivity contribution in [2.24, 2.45) is 0 Å². The highest BCUT2D eigenvalue weighted by atomic mass is 16.6. The molecule has 0 saturated carbocycles. The van der Waals surface area contributed by atoms with Gasteiger partial charge in [-0.15, -0.1) is 0 Å². The standard InChI is InChI=1S/2C6H12O6.C6H12O5/c2*7-1-3(9)5(11)6(12)4(10)2-8;7-2-4-6(10)3(8)1-5(9)11-4/h2*1,3-6,8-12H,2H2;3-10H,1-2H2/t3-,4+,5+,6+;3-,4-,5-,6-;3-,4-,5?,6+/m011/s1. The molecule has 1 heterocycles. The molecular formula is C18H36O17. The van der Waals surface area contributed by atoms with E-state index in [0.29, 0.717) is 0 Å². The molecule has 1 aliphatic rings. The molecule has 1 unspecified atom stereocenters. The summed E-state index contributed by atoms with van der Waals surface area (Å²) < 4.78 is 4.71. The number of hydrogen-bond donors (Lipinski definition) is 14. The molecule has 0 aromatic rings. The maximum Gasteiger partial charge on any atom is 0.157 e. The fourth-order valence-electron chi connectivity index (χ4n) is 2.32. The molecule has 1 saturated heterocycles. The summed E-state index contributed by atoms with van der Waals surface area (Å²) in [4.78, 5) is 19.8. The van der Waals surface area contributed by atoms with Gasteiger partial charge in [-0.2, -0.15) is 0 Å². The van der Waals surface area contributed by atoms with Crippen molar-refractivity contribution in [3.8, 4) is 0 Å². The van der Waals surface area contributed by atoms with E-state index in [-0.39, 0.29) is 19.0 Å². The molecule has 17 heteroatoms. The SMILES string of the molecule is O=C[C@@H](O)[C@@H](O)[C@H](O)[C@H](O)CO.O=C[C@H](O)[C@@H](O)[C@H](O)[C@H](O)CO.OC[C@H]1OC(O)C[C@@H](O)[C@@H]1O. The molecule has 0 radical (unpaired) electrons. The normalized spacial score (nSPS) is 28.9. The minimum atomic E-state index is -1.79. The Morgan fingerprint density at radius 1 is 0.686 bits per heavy atom. The zero-order valence-corrected chi connectivity index (χ0v) is 18.4. The summed E-state index contributed by atoms with van der Waals surface area (Å²) in [6, 6.07) is 0. The summed E-state index contributed by atoms with van der Waals surface area (Å²) in [5.74, 6) is 0. The van der Waals surface area contributed by atoms with E-state index in [0.717, 1.165) is 0 Å². The van der Waals surface area contributed by atoms with Crippen LogP contribution in [0, 0.1) is 0 Å². The lowest BCUT2D eigenvalue weighted by Gasteiger charge is -2.33. The van der Waals surface area contributed by atoms with Crippen LogP contribution in [0.2, 0.25) is 0 Å². The topological polar surface area (TPSA) is 327 Å². The molecule has 1 rings (SSSR count). The maximum absolute atomic E-state index is 9.90. The van der Waals surface area contributed by atoms with Crippen molar-refractivity contribution in [3.05, 3.63) is 0 Å². The van der Waals surface area contributed by atoms with Crippen LogP contribution < -0.4 is 0 Å². The number of aliphatic hydroxyl groups excluding tert-OH is 14. The molecule has 0 aromatic heterocycles. The van der Waals surface area contributed by atoms with Gasteiger partial charge in [-0.05, 0) is 0 Å². The number of carbonyl (C=O) groups is 2. The summed E-state index contributed by atoms with van der Waals surface area (Å²) in [6.07, 6.45) is -17.8. The fraction of sp³-hybridized carbons (Fsp3) is 0.889.